The van der Waals surface area contributed by atoms with Crippen molar-refractivity contribution in [2.75, 3.05) is 5.32 Å². The van der Waals surface area contributed by atoms with Crippen LogP contribution in [0.4, 0.5) is 10.5 Å². The van der Waals surface area contributed by atoms with E-state index < -0.39 is 12.0 Å². The Morgan fingerprint density at radius 2 is 1.76 bits per heavy atom. The fourth-order valence-electron chi connectivity index (χ4n) is 2.11. The standard InChI is InChI=1S/C16H24N2O3/c1-11-5-7-12(8-6-11)17-15(21)18-13(9-14(19)20)10-16(2,3)4/h5-8,13H,9-10H2,1-4H3,(H,19,20)(H2,17,18,21). The third-order valence-corrected chi connectivity index (χ3v) is 2.92. The highest BCUT2D eigenvalue weighted by atomic mass is 16.4. The Hall–Kier alpha value is -2.04. The molecule has 0 fully saturated rings. The van der Waals surface area contributed by atoms with Crippen LogP contribution in [0.3, 0.4) is 0 Å². The van der Waals surface area contributed by atoms with Crippen molar-refractivity contribution >= 4 is 17.7 Å². The molecule has 2 amide bonds. The fourth-order valence-corrected chi connectivity index (χ4v) is 2.11. The number of benzene rings is 1. The molecule has 0 aliphatic rings. The van der Waals surface area contributed by atoms with Crippen molar-refractivity contribution < 1.29 is 14.7 Å². The maximum atomic E-state index is 12.0. The number of aliphatic carboxylic acids is 1. The molecule has 0 aromatic heterocycles. The highest BCUT2D eigenvalue weighted by Crippen LogP contribution is 2.22. The summed E-state index contributed by atoms with van der Waals surface area (Å²) in [4.78, 5) is 22.9. The van der Waals surface area contributed by atoms with E-state index in [-0.39, 0.29) is 17.9 Å². The number of carbonyl (C=O) groups excluding carboxylic acids is 1. The van der Waals surface area contributed by atoms with Gasteiger partial charge in [-0.05, 0) is 30.9 Å². The molecule has 0 saturated heterocycles. The van der Waals surface area contributed by atoms with Gasteiger partial charge in [0, 0.05) is 11.7 Å². The Morgan fingerprint density at radius 3 is 2.24 bits per heavy atom. The average Bonchev–Trinajstić information content (AvgIpc) is 2.28. The van der Waals surface area contributed by atoms with Crippen LogP contribution in [0.25, 0.3) is 0 Å². The van der Waals surface area contributed by atoms with Crippen LogP contribution in [0.1, 0.15) is 39.2 Å². The number of amides is 2. The third kappa shape index (κ3) is 7.34. The lowest BCUT2D eigenvalue weighted by Crippen LogP contribution is -2.41. The Labute approximate surface area is 125 Å². The molecule has 116 valence electrons. The second-order valence-electron chi connectivity index (χ2n) is 6.52. The molecule has 0 heterocycles. The van der Waals surface area contributed by atoms with E-state index in [1.807, 2.05) is 52.0 Å². The van der Waals surface area contributed by atoms with Crippen molar-refractivity contribution in [3.8, 4) is 0 Å². The molecule has 1 aromatic rings. The molecule has 0 aliphatic carbocycles. The van der Waals surface area contributed by atoms with E-state index in [9.17, 15) is 9.59 Å². The van der Waals surface area contributed by atoms with E-state index in [1.165, 1.54) is 0 Å². The number of nitrogens with one attached hydrogen (secondary N) is 2. The van der Waals surface area contributed by atoms with Gasteiger partial charge < -0.3 is 15.7 Å². The Morgan fingerprint density at radius 1 is 1.19 bits per heavy atom. The number of carboxylic acids is 1. The van der Waals surface area contributed by atoms with Gasteiger partial charge in [-0.2, -0.15) is 0 Å². The number of rotatable bonds is 5. The van der Waals surface area contributed by atoms with Crippen LogP contribution >= 0.6 is 0 Å². The van der Waals surface area contributed by atoms with Crippen LogP contribution in [-0.4, -0.2) is 23.1 Å². The third-order valence-electron chi connectivity index (χ3n) is 2.92. The smallest absolute Gasteiger partial charge is 0.319 e. The summed E-state index contributed by atoms with van der Waals surface area (Å²) >= 11 is 0. The molecule has 1 unspecified atom stereocenters. The molecule has 1 atom stereocenters. The molecule has 0 spiro atoms. The average molecular weight is 292 g/mol. The van der Waals surface area contributed by atoms with Crippen molar-refractivity contribution in [2.24, 2.45) is 5.41 Å². The van der Waals surface area contributed by atoms with E-state index >= 15 is 0 Å². The molecule has 0 saturated carbocycles. The summed E-state index contributed by atoms with van der Waals surface area (Å²) in [6.07, 6.45) is 0.513. The maximum Gasteiger partial charge on any atom is 0.319 e. The Bertz CT molecular complexity index is 489. The van der Waals surface area contributed by atoms with Gasteiger partial charge in [-0.25, -0.2) is 4.79 Å². The first-order valence-corrected chi connectivity index (χ1v) is 7.02. The maximum absolute atomic E-state index is 12.0. The molecule has 21 heavy (non-hydrogen) atoms. The lowest BCUT2D eigenvalue weighted by atomic mass is 9.87. The van der Waals surface area contributed by atoms with Crippen molar-refractivity contribution in [3.63, 3.8) is 0 Å². The number of anilines is 1. The molecule has 0 bridgehead atoms. The molecule has 5 nitrogen and oxygen atoms in total. The fraction of sp³-hybridized carbons (Fsp3) is 0.500. The second-order valence-corrected chi connectivity index (χ2v) is 6.52. The monoisotopic (exact) mass is 292 g/mol. The molecular formula is C16H24N2O3. The summed E-state index contributed by atoms with van der Waals surface area (Å²) in [5, 5.41) is 14.4. The molecule has 5 heteroatoms. The van der Waals surface area contributed by atoms with Crippen molar-refractivity contribution in [1.29, 1.82) is 0 Å². The van der Waals surface area contributed by atoms with Crippen LogP contribution in [0, 0.1) is 12.3 Å². The summed E-state index contributed by atoms with van der Waals surface area (Å²) in [5.41, 5.74) is 1.73. The molecule has 1 aromatic carbocycles. The zero-order chi connectivity index (χ0) is 16.0. The highest BCUT2D eigenvalue weighted by Gasteiger charge is 2.22. The Balaban J connectivity index is 2.62. The summed E-state index contributed by atoms with van der Waals surface area (Å²) < 4.78 is 0. The predicted molar refractivity (Wildman–Crippen MR) is 83.4 cm³/mol. The first-order chi connectivity index (χ1) is 9.65. The normalized spacial score (nSPS) is 12.6. The first-order valence-electron chi connectivity index (χ1n) is 7.02. The van der Waals surface area contributed by atoms with Crippen LogP contribution in [0.2, 0.25) is 0 Å². The zero-order valence-electron chi connectivity index (χ0n) is 13.1. The van der Waals surface area contributed by atoms with Gasteiger partial charge in [0.1, 0.15) is 0 Å². The van der Waals surface area contributed by atoms with Crippen molar-refractivity contribution in [3.05, 3.63) is 29.8 Å². The molecule has 0 aliphatic heterocycles. The minimum absolute atomic E-state index is 0.0583. The van der Waals surface area contributed by atoms with Crippen LogP contribution in [0.15, 0.2) is 24.3 Å². The second kappa shape index (κ2) is 7.11. The van der Waals surface area contributed by atoms with Gasteiger partial charge in [-0.3, -0.25) is 4.79 Å². The number of urea groups is 1. The van der Waals surface area contributed by atoms with Gasteiger partial charge >= 0.3 is 12.0 Å². The lowest BCUT2D eigenvalue weighted by Gasteiger charge is -2.25. The quantitative estimate of drug-likeness (QED) is 0.778. The molecule has 0 radical (unpaired) electrons. The summed E-state index contributed by atoms with van der Waals surface area (Å²) in [6, 6.07) is 6.65. The molecule has 1 rings (SSSR count). The minimum atomic E-state index is -0.917. The number of carbonyl (C=O) groups is 2. The van der Waals surface area contributed by atoms with Crippen LogP contribution in [0.5, 0.6) is 0 Å². The SMILES string of the molecule is Cc1ccc(NC(=O)NC(CC(=O)O)CC(C)(C)C)cc1. The van der Waals surface area contributed by atoms with Gasteiger partial charge in [0.15, 0.2) is 0 Å². The van der Waals surface area contributed by atoms with E-state index in [2.05, 4.69) is 10.6 Å². The molecular weight excluding hydrogens is 268 g/mol. The number of aryl methyl sites for hydroxylation is 1. The van der Waals surface area contributed by atoms with Gasteiger partial charge in [-0.1, -0.05) is 38.5 Å². The zero-order valence-corrected chi connectivity index (χ0v) is 13.1. The van der Waals surface area contributed by atoms with Crippen LogP contribution in [-0.2, 0) is 4.79 Å². The van der Waals surface area contributed by atoms with E-state index in [1.54, 1.807) is 0 Å². The summed E-state index contributed by atoms with van der Waals surface area (Å²) in [6.45, 7) is 8.01. The van der Waals surface area contributed by atoms with Crippen molar-refractivity contribution in [1.82, 2.24) is 5.32 Å². The van der Waals surface area contributed by atoms with E-state index in [0.717, 1.165) is 5.56 Å². The highest BCUT2D eigenvalue weighted by molar-refractivity contribution is 5.89. The van der Waals surface area contributed by atoms with E-state index in [0.29, 0.717) is 12.1 Å². The number of carboxylic acid groups (broad SMARTS) is 1. The molecule has 3 N–H and O–H groups in total. The summed E-state index contributed by atoms with van der Waals surface area (Å²) in [7, 11) is 0. The number of hydrogen-bond donors (Lipinski definition) is 3. The Kier molecular flexibility index (Phi) is 5.76. The van der Waals surface area contributed by atoms with Gasteiger partial charge in [0.25, 0.3) is 0 Å². The number of hydrogen-bond acceptors (Lipinski definition) is 2. The summed E-state index contributed by atoms with van der Waals surface area (Å²) in [5.74, 6) is -0.917. The first kappa shape index (κ1) is 17.0. The largest absolute Gasteiger partial charge is 0.481 e. The van der Waals surface area contributed by atoms with Gasteiger partial charge in [-0.15, -0.1) is 0 Å². The lowest BCUT2D eigenvalue weighted by molar-refractivity contribution is -0.137. The van der Waals surface area contributed by atoms with Crippen LogP contribution < -0.4 is 10.6 Å². The van der Waals surface area contributed by atoms with Gasteiger partial charge in [0.2, 0.25) is 0 Å². The topological polar surface area (TPSA) is 78.4 Å². The minimum Gasteiger partial charge on any atom is -0.481 e. The predicted octanol–water partition coefficient (Wildman–Crippen LogP) is 3.40. The van der Waals surface area contributed by atoms with Crippen molar-refractivity contribution in [2.45, 2.75) is 46.6 Å². The van der Waals surface area contributed by atoms with E-state index in [4.69, 9.17) is 5.11 Å². The van der Waals surface area contributed by atoms with Gasteiger partial charge in [0.05, 0.1) is 6.42 Å².